The summed E-state index contributed by atoms with van der Waals surface area (Å²) >= 11 is 0. The Bertz CT molecular complexity index is 286. The number of aromatic nitrogens is 3. The van der Waals surface area contributed by atoms with Crippen LogP contribution in [-0.2, 0) is 0 Å². The van der Waals surface area contributed by atoms with Gasteiger partial charge in [-0.3, -0.25) is 5.10 Å². The van der Waals surface area contributed by atoms with E-state index in [0.717, 1.165) is 5.69 Å². The van der Waals surface area contributed by atoms with Crippen molar-refractivity contribution in [2.24, 2.45) is 0 Å². The first-order chi connectivity index (χ1) is 5.88. The average Bonchev–Trinajstić information content (AvgIpc) is 2.77. The molecule has 0 aliphatic carbocycles. The molecule has 0 bridgehead atoms. The molecule has 1 unspecified atom stereocenters. The molecule has 0 aliphatic rings. The van der Waals surface area contributed by atoms with E-state index in [1.165, 1.54) is 5.69 Å². The zero-order valence-electron chi connectivity index (χ0n) is 6.91. The van der Waals surface area contributed by atoms with Gasteiger partial charge in [0, 0.05) is 29.7 Å². The van der Waals surface area contributed by atoms with E-state index < -0.39 is 0 Å². The maximum absolute atomic E-state index is 3.91. The van der Waals surface area contributed by atoms with Crippen LogP contribution in [0.3, 0.4) is 0 Å². The van der Waals surface area contributed by atoms with Crippen molar-refractivity contribution in [2.45, 2.75) is 12.8 Å². The van der Waals surface area contributed by atoms with Crippen molar-refractivity contribution in [1.82, 2.24) is 15.2 Å². The first-order valence-electron chi connectivity index (χ1n) is 4.00. The molecule has 0 aliphatic heterocycles. The van der Waals surface area contributed by atoms with Gasteiger partial charge in [-0.2, -0.15) is 5.10 Å². The van der Waals surface area contributed by atoms with Crippen LogP contribution in [0.2, 0.25) is 0 Å². The summed E-state index contributed by atoms with van der Waals surface area (Å²) in [5.41, 5.74) is 2.34. The summed E-state index contributed by atoms with van der Waals surface area (Å²) in [6, 6.07) is 6.07. The van der Waals surface area contributed by atoms with Gasteiger partial charge in [-0.15, -0.1) is 0 Å². The van der Waals surface area contributed by atoms with Crippen LogP contribution < -0.4 is 0 Å². The molecule has 2 aromatic rings. The molecule has 0 fully saturated rings. The molecule has 0 amide bonds. The van der Waals surface area contributed by atoms with E-state index in [9.17, 15) is 0 Å². The van der Waals surface area contributed by atoms with E-state index in [0.29, 0.717) is 5.92 Å². The number of nitrogens with one attached hydrogen (secondary N) is 2. The maximum Gasteiger partial charge on any atom is 0.0490 e. The minimum absolute atomic E-state index is 0.363. The highest BCUT2D eigenvalue weighted by molar-refractivity contribution is 5.20. The summed E-state index contributed by atoms with van der Waals surface area (Å²) in [5.74, 6) is 0.363. The van der Waals surface area contributed by atoms with Crippen LogP contribution in [-0.4, -0.2) is 15.2 Å². The van der Waals surface area contributed by atoms with E-state index in [2.05, 4.69) is 28.2 Å². The van der Waals surface area contributed by atoms with Crippen LogP contribution in [0, 0.1) is 0 Å². The number of H-pyrrole nitrogens is 2. The van der Waals surface area contributed by atoms with E-state index in [-0.39, 0.29) is 0 Å². The van der Waals surface area contributed by atoms with E-state index >= 15 is 0 Å². The summed E-state index contributed by atoms with van der Waals surface area (Å²) in [6.45, 7) is 2.14. The van der Waals surface area contributed by atoms with Gasteiger partial charge < -0.3 is 4.98 Å². The second-order valence-electron chi connectivity index (χ2n) is 2.86. The Kier molecular flexibility index (Phi) is 1.70. The molecule has 2 heterocycles. The van der Waals surface area contributed by atoms with E-state index in [4.69, 9.17) is 0 Å². The van der Waals surface area contributed by atoms with Gasteiger partial charge in [-0.25, -0.2) is 0 Å². The molecule has 0 spiro atoms. The molecule has 2 N–H and O–H groups in total. The lowest BCUT2D eigenvalue weighted by Gasteiger charge is -2.05. The number of hydrogen-bond acceptors (Lipinski definition) is 1. The normalized spacial score (nSPS) is 13.1. The lowest BCUT2D eigenvalue weighted by molar-refractivity contribution is 0.828. The highest BCUT2D eigenvalue weighted by atomic mass is 15.1. The molecule has 0 radical (unpaired) electrons. The van der Waals surface area contributed by atoms with Crippen LogP contribution in [0.15, 0.2) is 30.6 Å². The van der Waals surface area contributed by atoms with Crippen LogP contribution in [0.4, 0.5) is 0 Å². The smallest absolute Gasteiger partial charge is 0.0490 e. The number of aromatic amines is 2. The van der Waals surface area contributed by atoms with Gasteiger partial charge >= 0.3 is 0 Å². The fourth-order valence-corrected chi connectivity index (χ4v) is 1.29. The maximum atomic E-state index is 3.91. The Hall–Kier alpha value is -1.51. The zero-order chi connectivity index (χ0) is 8.39. The third-order valence-electron chi connectivity index (χ3n) is 2.08. The monoisotopic (exact) mass is 161 g/mol. The van der Waals surface area contributed by atoms with Gasteiger partial charge in [0.05, 0.1) is 0 Å². The summed E-state index contributed by atoms with van der Waals surface area (Å²) in [7, 11) is 0. The standard InChI is InChI=1S/C9H11N3/c1-7(8-3-2-5-10-8)9-4-6-11-12-9/h2-7,10H,1H3,(H,11,12). The van der Waals surface area contributed by atoms with Crippen molar-refractivity contribution in [3.63, 3.8) is 0 Å². The van der Waals surface area contributed by atoms with Gasteiger partial charge in [0.15, 0.2) is 0 Å². The van der Waals surface area contributed by atoms with Crippen molar-refractivity contribution in [2.75, 3.05) is 0 Å². The predicted molar refractivity (Wildman–Crippen MR) is 46.9 cm³/mol. The van der Waals surface area contributed by atoms with Gasteiger partial charge in [0.1, 0.15) is 0 Å². The summed E-state index contributed by atoms with van der Waals surface area (Å²) in [4.78, 5) is 3.18. The minimum Gasteiger partial charge on any atom is -0.364 e. The Balaban J connectivity index is 2.27. The number of rotatable bonds is 2. The first-order valence-corrected chi connectivity index (χ1v) is 4.00. The third-order valence-corrected chi connectivity index (χ3v) is 2.08. The number of nitrogens with zero attached hydrogens (tertiary/aromatic N) is 1. The average molecular weight is 161 g/mol. The molecular formula is C9H11N3. The molecule has 62 valence electrons. The molecule has 12 heavy (non-hydrogen) atoms. The fraction of sp³-hybridized carbons (Fsp3) is 0.222. The molecule has 2 rings (SSSR count). The van der Waals surface area contributed by atoms with E-state index in [1.54, 1.807) is 6.20 Å². The van der Waals surface area contributed by atoms with Crippen LogP contribution in [0.5, 0.6) is 0 Å². The second kappa shape index (κ2) is 2.85. The summed E-state index contributed by atoms with van der Waals surface area (Å²) in [5, 5.41) is 6.87. The molecule has 0 aromatic carbocycles. The molecule has 1 atom stereocenters. The van der Waals surface area contributed by atoms with E-state index in [1.807, 2.05) is 18.3 Å². The van der Waals surface area contributed by atoms with Crippen molar-refractivity contribution < 1.29 is 0 Å². The molecular weight excluding hydrogens is 150 g/mol. The molecule has 0 saturated carbocycles. The Morgan fingerprint density at radius 2 is 2.25 bits per heavy atom. The van der Waals surface area contributed by atoms with Crippen molar-refractivity contribution in [3.05, 3.63) is 42.0 Å². The first kappa shape index (κ1) is 7.16. The Morgan fingerprint density at radius 1 is 1.33 bits per heavy atom. The van der Waals surface area contributed by atoms with Crippen molar-refractivity contribution in [1.29, 1.82) is 0 Å². The van der Waals surface area contributed by atoms with Gasteiger partial charge in [0.25, 0.3) is 0 Å². The molecule has 0 saturated heterocycles. The van der Waals surface area contributed by atoms with Crippen LogP contribution in [0.25, 0.3) is 0 Å². The highest BCUT2D eigenvalue weighted by Gasteiger charge is 2.08. The van der Waals surface area contributed by atoms with Gasteiger partial charge in [-0.05, 0) is 18.2 Å². The molecule has 3 nitrogen and oxygen atoms in total. The summed E-state index contributed by atoms with van der Waals surface area (Å²) in [6.07, 6.45) is 3.71. The Morgan fingerprint density at radius 3 is 2.83 bits per heavy atom. The number of hydrogen-bond donors (Lipinski definition) is 2. The fourth-order valence-electron chi connectivity index (χ4n) is 1.29. The van der Waals surface area contributed by atoms with Crippen LogP contribution in [0.1, 0.15) is 24.2 Å². The van der Waals surface area contributed by atoms with Crippen LogP contribution >= 0.6 is 0 Å². The highest BCUT2D eigenvalue weighted by Crippen LogP contribution is 2.19. The minimum atomic E-state index is 0.363. The zero-order valence-corrected chi connectivity index (χ0v) is 6.91. The summed E-state index contributed by atoms with van der Waals surface area (Å²) < 4.78 is 0. The SMILES string of the molecule is CC(c1ccc[nH]1)c1ccn[nH]1. The van der Waals surface area contributed by atoms with Gasteiger partial charge in [0.2, 0.25) is 0 Å². The van der Waals surface area contributed by atoms with Gasteiger partial charge in [-0.1, -0.05) is 6.92 Å². The Labute approximate surface area is 70.8 Å². The molecule has 2 aromatic heterocycles. The second-order valence-corrected chi connectivity index (χ2v) is 2.86. The lowest BCUT2D eigenvalue weighted by Crippen LogP contribution is -1.96. The van der Waals surface area contributed by atoms with Crippen molar-refractivity contribution >= 4 is 0 Å². The predicted octanol–water partition coefficient (Wildman–Crippen LogP) is 1.89. The third kappa shape index (κ3) is 1.13. The largest absolute Gasteiger partial charge is 0.364 e. The topological polar surface area (TPSA) is 44.5 Å². The van der Waals surface area contributed by atoms with Crippen molar-refractivity contribution in [3.8, 4) is 0 Å². The lowest BCUT2D eigenvalue weighted by atomic mass is 10.1. The molecule has 3 heteroatoms. The quantitative estimate of drug-likeness (QED) is 0.694.